The summed E-state index contributed by atoms with van der Waals surface area (Å²) in [7, 11) is 0. The molecule has 0 aromatic carbocycles. The molecule has 1 aliphatic carbocycles. The molecule has 0 nitrogen and oxygen atoms in total. The molecule has 0 saturated heterocycles. The van der Waals surface area contributed by atoms with Crippen LogP contribution in [0.25, 0.3) is 0 Å². The summed E-state index contributed by atoms with van der Waals surface area (Å²) in [6, 6.07) is 0. The van der Waals surface area contributed by atoms with Crippen LogP contribution in [0.2, 0.25) is 11.9 Å². The summed E-state index contributed by atoms with van der Waals surface area (Å²) in [5.74, 6) is 0. The maximum absolute atomic E-state index is 3.55. The number of allylic oxidation sites excluding steroid dienone is 4. The SMILES string of the molecule is C[CH2][Pb]([CH2]C)([CH2]C)[C]1=[C]CC=C1. The van der Waals surface area contributed by atoms with Gasteiger partial charge in [0, 0.05) is 0 Å². The van der Waals surface area contributed by atoms with Gasteiger partial charge < -0.3 is 0 Å². The molecule has 1 aliphatic rings. The van der Waals surface area contributed by atoms with Crippen molar-refractivity contribution < 1.29 is 0 Å². The minimum absolute atomic E-state index is 1.08. The Morgan fingerprint density at radius 1 is 1.25 bits per heavy atom. The van der Waals surface area contributed by atoms with Crippen molar-refractivity contribution in [2.24, 2.45) is 0 Å². The second kappa shape index (κ2) is 4.59. The zero-order chi connectivity index (χ0) is 9.03. The van der Waals surface area contributed by atoms with E-state index in [-0.39, 0.29) is 0 Å². The minimum atomic E-state index is -1.96. The predicted octanol–water partition coefficient (Wildman–Crippen LogP) is 3.72. The van der Waals surface area contributed by atoms with Gasteiger partial charge in [0.1, 0.15) is 0 Å². The Kier molecular flexibility index (Phi) is 4.01. The summed E-state index contributed by atoms with van der Waals surface area (Å²) < 4.78 is 6.07. The molecule has 0 aromatic heterocycles. The van der Waals surface area contributed by atoms with Crippen LogP contribution in [0.3, 0.4) is 0 Å². The molecule has 0 atom stereocenters. The summed E-state index contributed by atoms with van der Waals surface area (Å²) in [5.41, 5.74) is 0. The van der Waals surface area contributed by atoms with Crippen LogP contribution in [-0.2, 0) is 0 Å². The Bertz CT molecular complexity index is 189. The number of hydrogen-bond acceptors (Lipinski definition) is 0. The molecule has 0 heterocycles. The van der Waals surface area contributed by atoms with Crippen molar-refractivity contribution in [3.63, 3.8) is 0 Å². The fourth-order valence-corrected chi connectivity index (χ4v) is 16.1. The zero-order valence-corrected chi connectivity index (χ0v) is 12.4. The van der Waals surface area contributed by atoms with Crippen LogP contribution in [0.1, 0.15) is 27.2 Å². The first kappa shape index (κ1) is 10.5. The second-order valence-corrected chi connectivity index (χ2v) is 23.8. The average molecular weight is 358 g/mol. The summed E-state index contributed by atoms with van der Waals surface area (Å²) in [5, 5.41) is 0. The first-order valence-corrected chi connectivity index (χ1v) is 15.3. The normalized spacial score (nSPS) is 16.8. The van der Waals surface area contributed by atoms with Gasteiger partial charge in [0.05, 0.1) is 0 Å². The zero-order valence-electron chi connectivity index (χ0n) is 8.48. The van der Waals surface area contributed by atoms with E-state index in [2.05, 4.69) is 39.0 Å². The first-order valence-electron chi connectivity index (χ1n) is 5.07. The van der Waals surface area contributed by atoms with Gasteiger partial charge in [-0.2, -0.15) is 0 Å². The van der Waals surface area contributed by atoms with Crippen LogP contribution in [0.15, 0.2) is 15.3 Å². The molecule has 1 rings (SSSR count). The van der Waals surface area contributed by atoms with Crippen molar-refractivity contribution in [2.45, 2.75) is 39.1 Å². The van der Waals surface area contributed by atoms with Crippen molar-refractivity contribution >= 4 is 21.2 Å². The van der Waals surface area contributed by atoms with Crippen molar-refractivity contribution in [1.29, 1.82) is 0 Å². The van der Waals surface area contributed by atoms with E-state index in [0.717, 1.165) is 6.42 Å². The van der Waals surface area contributed by atoms with Gasteiger partial charge >= 0.3 is 81.7 Å². The van der Waals surface area contributed by atoms with E-state index >= 15 is 0 Å². The van der Waals surface area contributed by atoms with Crippen molar-refractivity contribution in [1.82, 2.24) is 0 Å². The van der Waals surface area contributed by atoms with Gasteiger partial charge in [-0.05, 0) is 0 Å². The molecule has 67 valence electrons. The molecule has 1 radical (unpaired) electrons. The molecule has 1 heteroatoms. The Balaban J connectivity index is 2.83. The molecule has 0 spiro atoms. The number of rotatable bonds is 4. The Morgan fingerprint density at radius 3 is 2.17 bits per heavy atom. The van der Waals surface area contributed by atoms with Crippen molar-refractivity contribution in [3.8, 4) is 0 Å². The Morgan fingerprint density at radius 2 is 1.83 bits per heavy atom. The maximum atomic E-state index is 3.55. The van der Waals surface area contributed by atoms with E-state index in [0.29, 0.717) is 0 Å². The van der Waals surface area contributed by atoms with E-state index in [9.17, 15) is 0 Å². The topological polar surface area (TPSA) is 0 Å². The molecular formula is C11H19Pb. The van der Waals surface area contributed by atoms with E-state index in [1.165, 1.54) is 11.9 Å². The molecular weight excluding hydrogens is 339 g/mol. The standard InChI is InChI=1S/C5H4.3C2H5.Pb/c1-2-4-5-3-1;3*1-2;/h1-2H,3H2;3*1H2,2H3;. The predicted molar refractivity (Wildman–Crippen MR) is 57.7 cm³/mol. The summed E-state index contributed by atoms with van der Waals surface area (Å²) in [4.78, 5) is 0. The Labute approximate surface area is 81.4 Å². The van der Waals surface area contributed by atoms with Crippen LogP contribution < -0.4 is 0 Å². The van der Waals surface area contributed by atoms with E-state index in [4.69, 9.17) is 0 Å². The summed E-state index contributed by atoms with van der Waals surface area (Å²) in [6.07, 6.45) is 9.26. The first-order chi connectivity index (χ1) is 5.79. The van der Waals surface area contributed by atoms with Gasteiger partial charge in [0.25, 0.3) is 0 Å². The van der Waals surface area contributed by atoms with E-state index < -0.39 is 21.2 Å². The van der Waals surface area contributed by atoms with Gasteiger partial charge in [-0.25, -0.2) is 0 Å². The second-order valence-electron chi connectivity index (χ2n) is 3.54. The average Bonchev–Trinajstić information content (AvgIpc) is 2.62. The van der Waals surface area contributed by atoms with Gasteiger partial charge in [-0.3, -0.25) is 0 Å². The van der Waals surface area contributed by atoms with E-state index in [1.807, 2.05) is 0 Å². The van der Waals surface area contributed by atoms with Crippen LogP contribution >= 0.6 is 0 Å². The van der Waals surface area contributed by atoms with Gasteiger partial charge in [-0.15, -0.1) is 0 Å². The molecule has 0 N–H and O–H groups in total. The van der Waals surface area contributed by atoms with Gasteiger partial charge in [0.2, 0.25) is 0 Å². The van der Waals surface area contributed by atoms with Gasteiger partial charge in [-0.1, -0.05) is 0 Å². The third kappa shape index (κ3) is 1.83. The van der Waals surface area contributed by atoms with E-state index in [1.54, 1.807) is 3.13 Å². The number of hydrogen-bond donors (Lipinski definition) is 0. The molecule has 0 bridgehead atoms. The van der Waals surface area contributed by atoms with Crippen molar-refractivity contribution in [2.75, 3.05) is 0 Å². The summed E-state index contributed by atoms with van der Waals surface area (Å²) in [6.45, 7) is 7.15. The molecule has 0 saturated carbocycles. The molecule has 0 aliphatic heterocycles. The van der Waals surface area contributed by atoms with Crippen LogP contribution in [0, 0.1) is 6.08 Å². The van der Waals surface area contributed by atoms with Crippen LogP contribution in [-0.4, -0.2) is 21.2 Å². The fraction of sp³-hybridized carbons (Fsp3) is 0.636. The van der Waals surface area contributed by atoms with Crippen molar-refractivity contribution in [3.05, 3.63) is 21.4 Å². The Hall–Kier alpha value is 0.402. The fourth-order valence-electron chi connectivity index (χ4n) is 2.09. The molecule has 0 unspecified atom stereocenters. The molecule has 0 aromatic rings. The van der Waals surface area contributed by atoms with Crippen LogP contribution in [0.4, 0.5) is 0 Å². The third-order valence-electron chi connectivity index (χ3n) is 3.30. The van der Waals surface area contributed by atoms with Gasteiger partial charge in [0.15, 0.2) is 0 Å². The van der Waals surface area contributed by atoms with Crippen LogP contribution in [0.5, 0.6) is 0 Å². The molecule has 12 heavy (non-hydrogen) atoms. The monoisotopic (exact) mass is 359 g/mol. The molecule has 0 amide bonds. The third-order valence-corrected chi connectivity index (χ3v) is 24.9. The molecule has 0 fully saturated rings. The quantitative estimate of drug-likeness (QED) is 0.672. The summed E-state index contributed by atoms with van der Waals surface area (Å²) >= 11 is -1.96.